The van der Waals surface area contributed by atoms with Crippen molar-refractivity contribution in [1.82, 2.24) is 4.72 Å². The van der Waals surface area contributed by atoms with Crippen LogP contribution in [0.5, 0.6) is 5.75 Å². The van der Waals surface area contributed by atoms with Crippen LogP contribution in [0.15, 0.2) is 66.7 Å². The zero-order valence-electron chi connectivity index (χ0n) is 29.8. The molecule has 0 saturated heterocycles. The van der Waals surface area contributed by atoms with Crippen LogP contribution in [0, 0.1) is 29.4 Å². The van der Waals surface area contributed by atoms with Gasteiger partial charge in [0.1, 0.15) is 28.4 Å². The van der Waals surface area contributed by atoms with Crippen LogP contribution in [0.2, 0.25) is 5.02 Å². The number of ether oxygens (including phenoxy) is 1. The summed E-state index contributed by atoms with van der Waals surface area (Å²) in [4.78, 5) is 15.5. The van der Waals surface area contributed by atoms with Gasteiger partial charge >= 0.3 is 0 Å². The molecule has 5 atom stereocenters. The molecule has 0 radical (unpaired) electrons. The molecule has 1 fully saturated rings. The first-order chi connectivity index (χ1) is 23.9. The van der Waals surface area contributed by atoms with E-state index in [1.54, 1.807) is 6.07 Å². The number of hydrogen-bond acceptors (Lipinski definition) is 5. The van der Waals surface area contributed by atoms with E-state index in [0.29, 0.717) is 29.9 Å². The van der Waals surface area contributed by atoms with Gasteiger partial charge in [-0.1, -0.05) is 57.0 Å². The monoisotopic (exact) mass is 728 g/mol. The topological polar surface area (TPSA) is 78.9 Å². The van der Waals surface area contributed by atoms with Gasteiger partial charge in [0, 0.05) is 40.9 Å². The van der Waals surface area contributed by atoms with Gasteiger partial charge in [0.2, 0.25) is 0 Å². The van der Waals surface area contributed by atoms with Crippen LogP contribution in [0.4, 0.5) is 14.5 Å². The molecule has 3 aromatic carbocycles. The molecular formula is C40H51ClF2N2O4S. The maximum Gasteiger partial charge on any atom is 0.263 e. The maximum atomic E-state index is 13.0. The Morgan fingerprint density at radius 2 is 1.82 bits per heavy atom. The highest BCUT2D eigenvalue weighted by Gasteiger charge is 2.37. The van der Waals surface area contributed by atoms with Crippen LogP contribution >= 0.6 is 11.6 Å². The number of amides is 1. The third-order valence-corrected chi connectivity index (χ3v) is 11.0. The molecule has 0 bridgehead atoms. The second kappa shape index (κ2) is 18.8. The number of aliphatic hydroxyl groups is 1. The van der Waals surface area contributed by atoms with Gasteiger partial charge in [-0.15, -0.1) is 0 Å². The Kier molecular flexibility index (Phi) is 14.9. The molecule has 272 valence electrons. The summed E-state index contributed by atoms with van der Waals surface area (Å²) in [5.74, 6) is 1.10. The van der Waals surface area contributed by atoms with Crippen molar-refractivity contribution in [2.45, 2.75) is 84.5 Å². The molecule has 1 saturated carbocycles. The first kappa shape index (κ1) is 39.5. The Hall–Kier alpha value is -3.27. The quantitative estimate of drug-likeness (QED) is 0.182. The predicted molar refractivity (Wildman–Crippen MR) is 200 cm³/mol. The average Bonchev–Trinajstić information content (AvgIpc) is 3.24. The van der Waals surface area contributed by atoms with Crippen LogP contribution in [-0.4, -0.2) is 40.2 Å². The summed E-state index contributed by atoms with van der Waals surface area (Å²) in [6.07, 6.45) is 10.2. The fourth-order valence-electron chi connectivity index (χ4n) is 6.72. The number of allylic oxidation sites excluding steroid dienone is 2. The van der Waals surface area contributed by atoms with Crippen molar-refractivity contribution in [3.8, 4) is 5.75 Å². The summed E-state index contributed by atoms with van der Waals surface area (Å²) in [5.41, 5.74) is 4.27. The van der Waals surface area contributed by atoms with Crippen molar-refractivity contribution in [2.75, 3.05) is 24.6 Å². The minimum atomic E-state index is -1.43. The van der Waals surface area contributed by atoms with Crippen molar-refractivity contribution in [3.05, 3.63) is 106 Å². The lowest BCUT2D eigenvalue weighted by atomic mass is 9.67. The normalized spacial score (nSPS) is 19.8. The minimum absolute atomic E-state index is 0.152. The van der Waals surface area contributed by atoms with Gasteiger partial charge in [-0.05, 0) is 116 Å². The summed E-state index contributed by atoms with van der Waals surface area (Å²) in [7, 11) is -1.43. The largest absolute Gasteiger partial charge is 0.491 e. The van der Waals surface area contributed by atoms with Crippen molar-refractivity contribution in [1.29, 1.82) is 0 Å². The van der Waals surface area contributed by atoms with E-state index in [9.17, 15) is 17.8 Å². The number of carbonyl (C=O) groups excluding carboxylic acids is 1. The maximum absolute atomic E-state index is 13.0. The second-order valence-corrected chi connectivity index (χ2v) is 15.8. The van der Waals surface area contributed by atoms with Gasteiger partial charge in [-0.25, -0.2) is 13.0 Å². The number of nitrogens with zero attached hydrogens (tertiary/aromatic N) is 1. The van der Waals surface area contributed by atoms with E-state index in [2.05, 4.69) is 54.7 Å². The first-order valence-electron chi connectivity index (χ1n) is 17.7. The molecule has 5 unspecified atom stereocenters. The number of aliphatic hydroxyl groups excluding tert-OH is 1. The van der Waals surface area contributed by atoms with Crippen LogP contribution in [0.3, 0.4) is 0 Å². The summed E-state index contributed by atoms with van der Waals surface area (Å²) >= 11 is 6.40. The molecule has 6 nitrogen and oxygen atoms in total. The Bertz CT molecular complexity index is 1630. The summed E-state index contributed by atoms with van der Waals surface area (Å²) in [6, 6.07) is 14.8. The number of hydrogen-bond donors (Lipinski definition) is 2. The summed E-state index contributed by atoms with van der Waals surface area (Å²) in [6.45, 7) is 12.3. The Morgan fingerprint density at radius 1 is 1.08 bits per heavy atom. The predicted octanol–water partition coefficient (Wildman–Crippen LogP) is 9.16. The molecule has 1 aliphatic carbocycles. The van der Waals surface area contributed by atoms with Gasteiger partial charge in [0.25, 0.3) is 5.91 Å². The number of nitrogens with one attached hydrogen (secondary N) is 1. The Labute approximate surface area is 303 Å². The highest BCUT2D eigenvalue weighted by molar-refractivity contribution is 7.84. The second-order valence-electron chi connectivity index (χ2n) is 13.6. The molecule has 1 aliphatic heterocycles. The van der Waals surface area contributed by atoms with E-state index in [0.717, 1.165) is 67.0 Å². The van der Waals surface area contributed by atoms with Crippen LogP contribution in [0.25, 0.3) is 0 Å². The Balaban J connectivity index is 0.000000482. The highest BCUT2D eigenvalue weighted by atomic mass is 35.5. The van der Waals surface area contributed by atoms with E-state index in [4.69, 9.17) is 21.4 Å². The van der Waals surface area contributed by atoms with E-state index in [-0.39, 0.29) is 29.2 Å². The van der Waals surface area contributed by atoms with E-state index >= 15 is 0 Å². The number of benzene rings is 3. The van der Waals surface area contributed by atoms with E-state index in [1.807, 2.05) is 32.0 Å². The van der Waals surface area contributed by atoms with Crippen LogP contribution < -0.4 is 14.4 Å². The number of aryl methyl sites for hydroxylation is 1. The van der Waals surface area contributed by atoms with E-state index in [1.165, 1.54) is 24.0 Å². The number of fused-ring (bicyclic) bond motifs is 1. The molecule has 2 N–H and O–H groups in total. The summed E-state index contributed by atoms with van der Waals surface area (Å²) in [5, 5.41) is 9.07. The van der Waals surface area contributed by atoms with Crippen molar-refractivity contribution in [2.24, 2.45) is 17.8 Å². The van der Waals surface area contributed by atoms with Crippen LogP contribution in [-0.2, 0) is 24.0 Å². The molecule has 1 amide bonds. The molecule has 2 aliphatic rings. The molecule has 1 heterocycles. The summed E-state index contributed by atoms with van der Waals surface area (Å²) < 4.78 is 46.0. The highest BCUT2D eigenvalue weighted by Crippen LogP contribution is 2.44. The fourth-order valence-corrected chi connectivity index (χ4v) is 7.45. The number of anilines is 1. The zero-order chi connectivity index (χ0) is 36.4. The average molecular weight is 729 g/mol. The molecule has 5 rings (SSSR count). The molecule has 50 heavy (non-hydrogen) atoms. The minimum Gasteiger partial charge on any atom is -0.491 e. The number of halogens is 3. The van der Waals surface area contributed by atoms with Gasteiger partial charge in [0.15, 0.2) is 0 Å². The molecule has 0 aromatic heterocycles. The van der Waals surface area contributed by atoms with Gasteiger partial charge < -0.3 is 14.7 Å². The zero-order valence-corrected chi connectivity index (χ0v) is 31.3. The molecule has 0 spiro atoms. The lowest BCUT2D eigenvalue weighted by Crippen LogP contribution is -2.42. The third kappa shape index (κ3) is 10.6. The molecular weight excluding hydrogens is 678 g/mol. The van der Waals surface area contributed by atoms with Gasteiger partial charge in [-0.3, -0.25) is 9.52 Å². The molecule has 3 aromatic rings. The fraction of sp³-hybridized carbons (Fsp3) is 0.475. The Morgan fingerprint density at radius 3 is 2.44 bits per heavy atom. The van der Waals surface area contributed by atoms with E-state index < -0.39 is 22.6 Å². The van der Waals surface area contributed by atoms with Crippen molar-refractivity contribution < 1.29 is 27.6 Å². The first-order valence-corrected chi connectivity index (χ1v) is 19.3. The lowest BCUT2D eigenvalue weighted by Gasteiger charge is -2.43. The third-order valence-electron chi connectivity index (χ3n) is 9.52. The van der Waals surface area contributed by atoms with Crippen LogP contribution in [0.1, 0.15) is 93.3 Å². The standard InChI is InChI=1S/C33H45ClN2O3S.C7H6F2O/c1-6-8-10-23(5)29-14-11-26(29)19-36-20-27(30-15-13-28(34)17-24(30)9-7-2)21-39-32-16-12-25(18-31(32)36)33(37)35-40(38)22(3)4;8-6-1-5(4-10)2-7(9)3-6/h8,10,12-13,15-18,22-23,26-27,29H,6-7,9,11,14,19-21H2,1-5H3,(H,35,37);1-3,10H,4H2/b10-8+;. The lowest BCUT2D eigenvalue weighted by molar-refractivity contribution is 0.0982. The smallest absolute Gasteiger partial charge is 0.263 e. The van der Waals surface area contributed by atoms with Gasteiger partial charge in [-0.2, -0.15) is 0 Å². The van der Waals surface area contributed by atoms with Gasteiger partial charge in [0.05, 0.1) is 18.9 Å². The number of rotatable bonds is 12. The van der Waals surface area contributed by atoms with Crippen molar-refractivity contribution in [3.63, 3.8) is 0 Å². The SMILES string of the molecule is CC/C=C/C(C)C1CCC1CN1CC(c2ccc(Cl)cc2CCC)COc2ccc(C(=O)NS(=O)C(C)C)cc21.OCc1cc(F)cc(F)c1. The number of carbonyl (C=O) groups is 1. The van der Waals surface area contributed by atoms with Crippen molar-refractivity contribution >= 4 is 34.2 Å². The molecule has 10 heteroatoms.